The number of nitrogens with zero attached hydrogens (tertiary/aromatic N) is 1. The molecule has 2 aromatic rings. The maximum Gasteiger partial charge on any atom is 0.411 e. The van der Waals surface area contributed by atoms with E-state index in [2.05, 4.69) is 5.32 Å². The maximum atomic E-state index is 13.7. The molecule has 0 radical (unpaired) electrons. The van der Waals surface area contributed by atoms with Crippen LogP contribution in [-0.4, -0.2) is 30.8 Å². The molecular formula is C18H19FN2O2. The van der Waals surface area contributed by atoms with Gasteiger partial charge in [0.2, 0.25) is 0 Å². The topological polar surface area (TPSA) is 52.6 Å². The van der Waals surface area contributed by atoms with Crippen LogP contribution in [0.4, 0.5) is 14.9 Å². The first kappa shape index (κ1) is 15.5. The van der Waals surface area contributed by atoms with E-state index in [0.717, 1.165) is 25.1 Å². The van der Waals surface area contributed by atoms with Crippen LogP contribution >= 0.6 is 0 Å². The highest BCUT2D eigenvalue weighted by Crippen LogP contribution is 2.32. The normalized spacial score (nSPS) is 17.2. The highest BCUT2D eigenvalue weighted by molar-refractivity contribution is 5.92. The molecule has 1 aliphatic rings. The van der Waals surface area contributed by atoms with Crippen LogP contribution in [0.15, 0.2) is 48.5 Å². The van der Waals surface area contributed by atoms with Crippen molar-refractivity contribution in [2.75, 3.05) is 24.5 Å². The van der Waals surface area contributed by atoms with Gasteiger partial charge in [-0.1, -0.05) is 30.3 Å². The Kier molecular flexibility index (Phi) is 4.57. The van der Waals surface area contributed by atoms with E-state index >= 15 is 0 Å². The first-order valence-corrected chi connectivity index (χ1v) is 7.71. The largest absolute Gasteiger partial charge is 0.465 e. The molecule has 3 rings (SSSR count). The number of hydrogen-bond donors (Lipinski definition) is 2. The first-order chi connectivity index (χ1) is 11.1. The molecular weight excluding hydrogens is 295 g/mol. The molecule has 0 unspecified atom stereocenters. The Labute approximate surface area is 134 Å². The fourth-order valence-electron chi connectivity index (χ4n) is 3.00. The SMILES string of the molecule is O=C(O)N(C[C@H]1CCNC1)c1ccc(F)cc1-c1ccccc1. The minimum Gasteiger partial charge on any atom is -0.465 e. The van der Waals surface area contributed by atoms with Crippen molar-refractivity contribution in [3.05, 3.63) is 54.3 Å². The molecule has 23 heavy (non-hydrogen) atoms. The second kappa shape index (κ2) is 6.79. The molecule has 0 saturated carbocycles. The third-order valence-electron chi connectivity index (χ3n) is 4.17. The molecule has 0 bridgehead atoms. The fraction of sp³-hybridized carbons (Fsp3) is 0.278. The van der Waals surface area contributed by atoms with Crippen LogP contribution in [0.2, 0.25) is 0 Å². The van der Waals surface area contributed by atoms with Crippen molar-refractivity contribution < 1.29 is 14.3 Å². The second-order valence-corrected chi connectivity index (χ2v) is 5.78. The monoisotopic (exact) mass is 314 g/mol. The molecule has 1 amide bonds. The minimum atomic E-state index is -1.01. The lowest BCUT2D eigenvalue weighted by Gasteiger charge is -2.25. The average Bonchev–Trinajstić information content (AvgIpc) is 3.07. The highest BCUT2D eigenvalue weighted by atomic mass is 19.1. The number of hydrogen-bond acceptors (Lipinski definition) is 2. The molecule has 0 aliphatic carbocycles. The molecule has 1 fully saturated rings. The number of benzene rings is 2. The van der Waals surface area contributed by atoms with Crippen LogP contribution in [0.25, 0.3) is 11.1 Å². The molecule has 1 saturated heterocycles. The summed E-state index contributed by atoms with van der Waals surface area (Å²) in [5.41, 5.74) is 1.92. The van der Waals surface area contributed by atoms with Crippen LogP contribution in [0.5, 0.6) is 0 Å². The summed E-state index contributed by atoms with van der Waals surface area (Å²) in [4.78, 5) is 13.1. The molecule has 0 aromatic heterocycles. The summed E-state index contributed by atoms with van der Waals surface area (Å²) in [7, 11) is 0. The van der Waals surface area contributed by atoms with Crippen LogP contribution in [-0.2, 0) is 0 Å². The summed E-state index contributed by atoms with van der Waals surface area (Å²) in [6.07, 6.45) is -0.0632. The molecule has 2 aromatic carbocycles. The van der Waals surface area contributed by atoms with Gasteiger partial charge in [-0.15, -0.1) is 0 Å². The molecule has 1 heterocycles. The van der Waals surface area contributed by atoms with Crippen LogP contribution < -0.4 is 10.2 Å². The Morgan fingerprint density at radius 1 is 1.26 bits per heavy atom. The third-order valence-corrected chi connectivity index (χ3v) is 4.17. The van der Waals surface area contributed by atoms with Gasteiger partial charge < -0.3 is 10.4 Å². The zero-order valence-corrected chi connectivity index (χ0v) is 12.7. The lowest BCUT2D eigenvalue weighted by Crippen LogP contribution is -2.35. The van der Waals surface area contributed by atoms with Crippen molar-refractivity contribution in [1.82, 2.24) is 5.32 Å². The van der Waals surface area contributed by atoms with Gasteiger partial charge in [0.05, 0.1) is 5.69 Å². The summed E-state index contributed by atoms with van der Waals surface area (Å²) in [5.74, 6) is -0.0970. The number of rotatable bonds is 4. The lowest BCUT2D eigenvalue weighted by molar-refractivity contribution is 0.200. The van der Waals surface area contributed by atoms with Gasteiger partial charge in [0.25, 0.3) is 0 Å². The van der Waals surface area contributed by atoms with Crippen LogP contribution in [0.1, 0.15) is 6.42 Å². The smallest absolute Gasteiger partial charge is 0.411 e. The van der Waals surface area contributed by atoms with Gasteiger partial charge in [0.15, 0.2) is 0 Å². The minimum absolute atomic E-state index is 0.278. The predicted molar refractivity (Wildman–Crippen MR) is 88.2 cm³/mol. The average molecular weight is 314 g/mol. The van der Waals surface area contributed by atoms with Gasteiger partial charge >= 0.3 is 6.09 Å². The summed E-state index contributed by atoms with van der Waals surface area (Å²) in [5, 5.41) is 12.9. The summed E-state index contributed by atoms with van der Waals surface area (Å²) >= 11 is 0. The van der Waals surface area contributed by atoms with Crippen molar-refractivity contribution in [3.63, 3.8) is 0 Å². The zero-order valence-electron chi connectivity index (χ0n) is 12.7. The van der Waals surface area contributed by atoms with Gasteiger partial charge in [0, 0.05) is 12.1 Å². The molecule has 4 nitrogen and oxygen atoms in total. The maximum absolute atomic E-state index is 13.7. The predicted octanol–water partition coefficient (Wildman–Crippen LogP) is 3.59. The van der Waals surface area contributed by atoms with E-state index in [1.807, 2.05) is 30.3 Å². The van der Waals surface area contributed by atoms with Crippen molar-refractivity contribution in [3.8, 4) is 11.1 Å². The Bertz CT molecular complexity index is 685. The van der Waals surface area contributed by atoms with Gasteiger partial charge in [-0.3, -0.25) is 4.90 Å². The number of halogens is 1. The van der Waals surface area contributed by atoms with Crippen LogP contribution in [0, 0.1) is 11.7 Å². The number of anilines is 1. The summed E-state index contributed by atoms with van der Waals surface area (Å²) in [6.45, 7) is 2.13. The highest BCUT2D eigenvalue weighted by Gasteiger charge is 2.24. The molecule has 1 atom stereocenters. The number of nitrogens with one attached hydrogen (secondary N) is 1. The Balaban J connectivity index is 2.00. The van der Waals surface area contributed by atoms with Crippen molar-refractivity contribution in [1.29, 1.82) is 0 Å². The Morgan fingerprint density at radius 2 is 2.04 bits per heavy atom. The summed E-state index contributed by atoms with van der Waals surface area (Å²) in [6, 6.07) is 13.6. The standard InChI is InChI=1S/C18H19FN2O2/c19-15-6-7-17(16(10-15)14-4-2-1-3-5-14)21(18(22)23)12-13-8-9-20-11-13/h1-7,10,13,20H,8-9,11-12H2,(H,22,23)/t13-/m0/s1. The van der Waals surface area contributed by atoms with Gasteiger partial charge in [-0.05, 0) is 49.2 Å². The fourth-order valence-corrected chi connectivity index (χ4v) is 3.00. The molecule has 120 valence electrons. The van der Waals surface area contributed by atoms with Gasteiger partial charge in [-0.2, -0.15) is 0 Å². The molecule has 0 spiro atoms. The van der Waals surface area contributed by atoms with Gasteiger partial charge in [-0.25, -0.2) is 9.18 Å². The number of carbonyl (C=O) groups is 1. The van der Waals surface area contributed by atoms with Crippen molar-refractivity contribution in [2.45, 2.75) is 6.42 Å². The molecule has 5 heteroatoms. The Morgan fingerprint density at radius 3 is 2.70 bits per heavy atom. The van der Waals surface area contributed by atoms with E-state index in [0.29, 0.717) is 17.8 Å². The number of amides is 1. The van der Waals surface area contributed by atoms with E-state index in [1.54, 1.807) is 6.07 Å². The lowest BCUT2D eigenvalue weighted by atomic mass is 10.0. The number of carboxylic acid groups (broad SMARTS) is 1. The second-order valence-electron chi connectivity index (χ2n) is 5.78. The van der Waals surface area contributed by atoms with E-state index in [-0.39, 0.29) is 11.7 Å². The quantitative estimate of drug-likeness (QED) is 0.907. The van der Waals surface area contributed by atoms with E-state index in [1.165, 1.54) is 17.0 Å². The third kappa shape index (κ3) is 3.51. The van der Waals surface area contributed by atoms with Crippen LogP contribution in [0.3, 0.4) is 0 Å². The van der Waals surface area contributed by atoms with E-state index in [4.69, 9.17) is 0 Å². The van der Waals surface area contributed by atoms with Crippen molar-refractivity contribution >= 4 is 11.8 Å². The van der Waals surface area contributed by atoms with E-state index < -0.39 is 6.09 Å². The summed E-state index contributed by atoms with van der Waals surface area (Å²) < 4.78 is 13.7. The Hall–Kier alpha value is -2.40. The molecule has 1 aliphatic heterocycles. The zero-order chi connectivity index (χ0) is 16.2. The van der Waals surface area contributed by atoms with Crippen molar-refractivity contribution in [2.24, 2.45) is 5.92 Å². The first-order valence-electron chi connectivity index (χ1n) is 7.71. The van der Waals surface area contributed by atoms with Gasteiger partial charge in [0.1, 0.15) is 5.82 Å². The van der Waals surface area contributed by atoms with E-state index in [9.17, 15) is 14.3 Å². The molecule has 2 N–H and O–H groups in total.